The lowest BCUT2D eigenvalue weighted by molar-refractivity contribution is -0.140. The van der Waals surface area contributed by atoms with E-state index in [0.717, 1.165) is 16.1 Å². The molecule has 232 valence electrons. The Bertz CT molecular complexity index is 1520. The molecule has 12 heteroatoms. The molecule has 1 N–H and O–H groups in total. The van der Waals surface area contributed by atoms with Gasteiger partial charge in [0.15, 0.2) is 0 Å². The number of nitrogens with zero attached hydrogens (tertiary/aromatic N) is 2. The highest BCUT2D eigenvalue weighted by molar-refractivity contribution is 7.92. The molecule has 0 aromatic heterocycles. The predicted octanol–water partition coefficient (Wildman–Crippen LogP) is 5.19. The molecule has 0 aliphatic carbocycles. The van der Waals surface area contributed by atoms with Crippen LogP contribution in [0, 0.1) is 5.92 Å². The standard InChI is InChI=1S/C31H37Cl2N3O6S/c1-21(2)18-34-31(38)28(16-22-9-7-6-8-10-22)35(19-23-11-13-25(32)26(33)15-23)30(37)20-36(43(5,39)40)27-17-24(41-3)12-14-29(27)42-4/h6-15,17,21,28H,16,18-20H2,1-5H3,(H,34,38). The number of halogens is 2. The zero-order valence-electron chi connectivity index (χ0n) is 24.8. The van der Waals surface area contributed by atoms with Gasteiger partial charge in [-0.3, -0.25) is 13.9 Å². The molecule has 1 atom stereocenters. The fourth-order valence-corrected chi connectivity index (χ4v) is 5.56. The molecule has 0 saturated carbocycles. The van der Waals surface area contributed by atoms with Gasteiger partial charge < -0.3 is 19.7 Å². The predicted molar refractivity (Wildman–Crippen MR) is 171 cm³/mol. The van der Waals surface area contributed by atoms with Crippen molar-refractivity contribution in [2.24, 2.45) is 5.92 Å². The number of rotatable bonds is 14. The van der Waals surface area contributed by atoms with Crippen molar-refractivity contribution in [2.45, 2.75) is 32.9 Å². The average molecular weight is 651 g/mol. The Balaban J connectivity index is 2.12. The third-order valence-corrected chi connectivity index (χ3v) is 8.49. The molecule has 0 bridgehead atoms. The smallest absolute Gasteiger partial charge is 0.244 e. The molecule has 3 aromatic carbocycles. The Hall–Kier alpha value is -3.47. The van der Waals surface area contributed by atoms with Crippen LogP contribution in [0.1, 0.15) is 25.0 Å². The largest absolute Gasteiger partial charge is 0.497 e. The lowest BCUT2D eigenvalue weighted by Gasteiger charge is -2.34. The Morgan fingerprint density at radius 2 is 1.60 bits per heavy atom. The van der Waals surface area contributed by atoms with Crippen LogP contribution < -0.4 is 19.1 Å². The second kappa shape index (κ2) is 15.3. The monoisotopic (exact) mass is 649 g/mol. The molecule has 3 aromatic rings. The van der Waals surface area contributed by atoms with Gasteiger partial charge in [0.25, 0.3) is 0 Å². The van der Waals surface area contributed by atoms with Crippen molar-refractivity contribution >= 4 is 50.7 Å². The van der Waals surface area contributed by atoms with Crippen LogP contribution in [-0.4, -0.2) is 64.7 Å². The van der Waals surface area contributed by atoms with Crippen molar-refractivity contribution in [3.05, 3.63) is 87.9 Å². The first kappa shape index (κ1) is 34.0. The number of carbonyl (C=O) groups is 2. The summed E-state index contributed by atoms with van der Waals surface area (Å²) in [5.74, 6) is -0.204. The van der Waals surface area contributed by atoms with Gasteiger partial charge in [0.1, 0.15) is 24.1 Å². The molecular formula is C31H37Cl2N3O6S. The van der Waals surface area contributed by atoms with Crippen LogP contribution in [0.25, 0.3) is 0 Å². The Morgan fingerprint density at radius 1 is 0.907 bits per heavy atom. The lowest BCUT2D eigenvalue weighted by atomic mass is 10.0. The van der Waals surface area contributed by atoms with Gasteiger partial charge in [-0.05, 0) is 41.3 Å². The maximum Gasteiger partial charge on any atom is 0.244 e. The highest BCUT2D eigenvalue weighted by Crippen LogP contribution is 2.34. The summed E-state index contributed by atoms with van der Waals surface area (Å²) in [6.07, 6.45) is 1.19. The van der Waals surface area contributed by atoms with E-state index >= 15 is 0 Å². The maximum absolute atomic E-state index is 14.3. The van der Waals surface area contributed by atoms with Crippen LogP contribution in [0.3, 0.4) is 0 Å². The summed E-state index contributed by atoms with van der Waals surface area (Å²) in [4.78, 5) is 29.4. The van der Waals surface area contributed by atoms with Gasteiger partial charge in [-0.2, -0.15) is 0 Å². The fourth-order valence-electron chi connectivity index (χ4n) is 4.40. The van der Waals surface area contributed by atoms with Gasteiger partial charge in [-0.25, -0.2) is 8.42 Å². The van der Waals surface area contributed by atoms with Gasteiger partial charge in [0.2, 0.25) is 21.8 Å². The van der Waals surface area contributed by atoms with E-state index in [1.807, 2.05) is 44.2 Å². The van der Waals surface area contributed by atoms with Crippen LogP contribution in [-0.2, 0) is 32.6 Å². The van der Waals surface area contributed by atoms with Gasteiger partial charge in [-0.1, -0.05) is 73.4 Å². The van der Waals surface area contributed by atoms with E-state index in [1.54, 1.807) is 30.3 Å². The van der Waals surface area contributed by atoms with E-state index in [0.29, 0.717) is 22.9 Å². The Labute approximate surface area is 263 Å². The molecule has 0 aliphatic rings. The summed E-state index contributed by atoms with van der Waals surface area (Å²) in [5, 5.41) is 3.57. The molecule has 3 rings (SSSR count). The molecule has 0 saturated heterocycles. The second-order valence-electron chi connectivity index (χ2n) is 10.4. The van der Waals surface area contributed by atoms with Crippen molar-refractivity contribution < 1.29 is 27.5 Å². The van der Waals surface area contributed by atoms with E-state index < -0.39 is 28.5 Å². The number of sulfonamides is 1. The first-order valence-electron chi connectivity index (χ1n) is 13.6. The van der Waals surface area contributed by atoms with Gasteiger partial charge in [0.05, 0.1) is 36.2 Å². The molecule has 0 heterocycles. The van der Waals surface area contributed by atoms with Crippen molar-refractivity contribution in [1.82, 2.24) is 10.2 Å². The number of nitrogens with one attached hydrogen (secondary N) is 1. The number of benzene rings is 3. The van der Waals surface area contributed by atoms with Gasteiger partial charge >= 0.3 is 0 Å². The third kappa shape index (κ3) is 9.51. The normalized spacial score (nSPS) is 12.0. The number of anilines is 1. The van der Waals surface area contributed by atoms with Crippen LogP contribution >= 0.6 is 23.2 Å². The topological polar surface area (TPSA) is 105 Å². The van der Waals surface area contributed by atoms with Crippen molar-refractivity contribution in [3.63, 3.8) is 0 Å². The zero-order chi connectivity index (χ0) is 31.7. The van der Waals surface area contributed by atoms with Crippen LogP contribution in [0.2, 0.25) is 10.0 Å². The molecule has 1 unspecified atom stereocenters. The maximum atomic E-state index is 14.3. The van der Waals surface area contributed by atoms with Crippen LogP contribution in [0.15, 0.2) is 66.7 Å². The zero-order valence-corrected chi connectivity index (χ0v) is 27.2. The first-order valence-corrected chi connectivity index (χ1v) is 16.2. The molecule has 0 radical (unpaired) electrons. The van der Waals surface area contributed by atoms with Gasteiger partial charge in [-0.15, -0.1) is 0 Å². The summed E-state index contributed by atoms with van der Waals surface area (Å²) in [5.41, 5.74) is 1.56. The van der Waals surface area contributed by atoms with E-state index in [2.05, 4.69) is 5.32 Å². The summed E-state index contributed by atoms with van der Waals surface area (Å²) >= 11 is 12.4. The molecular weight excluding hydrogens is 613 g/mol. The fraction of sp³-hybridized carbons (Fsp3) is 0.355. The summed E-state index contributed by atoms with van der Waals surface area (Å²) in [6.45, 7) is 3.70. The Morgan fingerprint density at radius 3 is 2.19 bits per heavy atom. The minimum atomic E-state index is -4.00. The quantitative estimate of drug-likeness (QED) is 0.258. The molecule has 0 aliphatic heterocycles. The number of carbonyl (C=O) groups excluding carboxylic acids is 2. The van der Waals surface area contributed by atoms with Crippen molar-refractivity contribution in [2.75, 3.05) is 37.9 Å². The highest BCUT2D eigenvalue weighted by atomic mass is 35.5. The first-order chi connectivity index (χ1) is 20.3. The average Bonchev–Trinajstić information content (AvgIpc) is 2.97. The third-order valence-electron chi connectivity index (χ3n) is 6.63. The minimum absolute atomic E-state index is 0.0326. The van der Waals surface area contributed by atoms with Crippen LogP contribution in [0.5, 0.6) is 11.5 Å². The Kier molecular flexibility index (Phi) is 12.1. The molecule has 9 nitrogen and oxygen atoms in total. The minimum Gasteiger partial charge on any atom is -0.497 e. The molecule has 0 spiro atoms. The number of ether oxygens (including phenoxy) is 2. The van der Waals surface area contributed by atoms with Crippen LogP contribution in [0.4, 0.5) is 5.69 Å². The number of methoxy groups -OCH3 is 2. The molecule has 0 fully saturated rings. The van der Waals surface area contributed by atoms with E-state index in [1.165, 1.54) is 25.2 Å². The van der Waals surface area contributed by atoms with Crippen molar-refractivity contribution in [1.29, 1.82) is 0 Å². The highest BCUT2D eigenvalue weighted by Gasteiger charge is 2.34. The summed E-state index contributed by atoms with van der Waals surface area (Å²) < 4.78 is 37.9. The number of amides is 2. The van der Waals surface area contributed by atoms with E-state index in [-0.39, 0.29) is 41.3 Å². The van der Waals surface area contributed by atoms with E-state index in [4.69, 9.17) is 32.7 Å². The van der Waals surface area contributed by atoms with E-state index in [9.17, 15) is 18.0 Å². The van der Waals surface area contributed by atoms with Gasteiger partial charge in [0, 0.05) is 25.6 Å². The summed E-state index contributed by atoms with van der Waals surface area (Å²) in [7, 11) is -1.15. The lowest BCUT2D eigenvalue weighted by Crippen LogP contribution is -2.53. The second-order valence-corrected chi connectivity index (χ2v) is 13.1. The number of hydrogen-bond donors (Lipinski definition) is 1. The SMILES string of the molecule is COc1ccc(OC)c(N(CC(=O)N(Cc2ccc(Cl)c(Cl)c2)C(Cc2ccccc2)C(=O)NCC(C)C)S(C)(=O)=O)c1. The molecule has 43 heavy (non-hydrogen) atoms. The molecule has 2 amide bonds. The number of hydrogen-bond acceptors (Lipinski definition) is 6. The van der Waals surface area contributed by atoms with Crippen molar-refractivity contribution in [3.8, 4) is 11.5 Å². The summed E-state index contributed by atoms with van der Waals surface area (Å²) in [6, 6.07) is 17.9.